The van der Waals surface area contributed by atoms with E-state index in [0.29, 0.717) is 12.4 Å². The van der Waals surface area contributed by atoms with Crippen LogP contribution >= 0.6 is 12.4 Å². The summed E-state index contributed by atoms with van der Waals surface area (Å²) < 4.78 is 1.63. The number of nitrogens with two attached hydrogens (primary N) is 1. The highest BCUT2D eigenvalue weighted by Gasteiger charge is 2.39. The van der Waals surface area contributed by atoms with E-state index in [4.69, 9.17) is 5.73 Å². The van der Waals surface area contributed by atoms with Crippen molar-refractivity contribution in [2.45, 2.75) is 32.6 Å². The van der Waals surface area contributed by atoms with Gasteiger partial charge >= 0.3 is 0 Å². The van der Waals surface area contributed by atoms with E-state index in [-0.39, 0.29) is 18.3 Å². The number of hydrogen-bond donors (Lipinski definition) is 2. The van der Waals surface area contributed by atoms with Gasteiger partial charge in [-0.1, -0.05) is 18.9 Å². The zero-order valence-electron chi connectivity index (χ0n) is 13.0. The number of amides is 1. The van der Waals surface area contributed by atoms with Crippen molar-refractivity contribution < 1.29 is 4.79 Å². The molecule has 1 fully saturated rings. The van der Waals surface area contributed by atoms with Crippen molar-refractivity contribution in [1.82, 2.24) is 20.2 Å². The van der Waals surface area contributed by atoms with E-state index >= 15 is 0 Å². The summed E-state index contributed by atoms with van der Waals surface area (Å²) in [5, 5.41) is 14.4. The number of carbonyl (C=O) groups excluding carboxylic acids is 1. The van der Waals surface area contributed by atoms with Crippen LogP contribution in [0.3, 0.4) is 0 Å². The average molecular weight is 337 g/mol. The Morgan fingerprint density at radius 3 is 2.74 bits per heavy atom. The first-order chi connectivity index (χ1) is 10.6. The molecule has 8 heteroatoms. The van der Waals surface area contributed by atoms with E-state index in [9.17, 15) is 4.79 Å². The van der Waals surface area contributed by atoms with Gasteiger partial charge in [0.2, 0.25) is 5.91 Å². The lowest BCUT2D eigenvalue weighted by atomic mass is 9.85. The molecular formula is C15H21ClN6O. The van der Waals surface area contributed by atoms with E-state index in [2.05, 4.69) is 20.8 Å². The van der Waals surface area contributed by atoms with Crippen LogP contribution in [0.2, 0.25) is 0 Å². The van der Waals surface area contributed by atoms with E-state index < -0.39 is 5.41 Å². The molecule has 7 nitrogen and oxygen atoms in total. The first-order valence-corrected chi connectivity index (χ1v) is 7.52. The Kier molecular flexibility index (Phi) is 5.33. The maximum Gasteiger partial charge on any atom is 0.231 e. The molecule has 2 aromatic rings. The summed E-state index contributed by atoms with van der Waals surface area (Å²) in [5.41, 5.74) is 6.99. The number of rotatable bonds is 4. The summed E-state index contributed by atoms with van der Waals surface area (Å²) in [6.45, 7) is 2.22. The molecule has 1 saturated carbocycles. The standard InChI is InChI=1S/C15H20N6O.ClH/c1-11-18-19-20-21(11)13-6-4-5-12(9-13)17-14(22)15(10-16)7-2-3-8-15;/h4-6,9H,2-3,7-8,10,16H2,1H3,(H,17,22);1H. The monoisotopic (exact) mass is 336 g/mol. The lowest BCUT2D eigenvalue weighted by Crippen LogP contribution is -2.40. The van der Waals surface area contributed by atoms with Crippen molar-refractivity contribution in [3.8, 4) is 5.69 Å². The first-order valence-electron chi connectivity index (χ1n) is 7.52. The Bertz CT molecular complexity index is 680. The summed E-state index contributed by atoms with van der Waals surface area (Å²) in [5.74, 6) is 0.704. The van der Waals surface area contributed by atoms with Gasteiger partial charge in [-0.15, -0.1) is 17.5 Å². The maximum absolute atomic E-state index is 12.6. The molecule has 0 unspecified atom stereocenters. The number of anilines is 1. The van der Waals surface area contributed by atoms with Crippen LogP contribution in [0.4, 0.5) is 5.69 Å². The Labute approximate surface area is 141 Å². The van der Waals surface area contributed by atoms with Crippen LogP contribution in [0, 0.1) is 12.3 Å². The van der Waals surface area contributed by atoms with Crippen molar-refractivity contribution in [3.05, 3.63) is 30.1 Å². The van der Waals surface area contributed by atoms with Crippen molar-refractivity contribution in [3.63, 3.8) is 0 Å². The largest absolute Gasteiger partial charge is 0.329 e. The summed E-state index contributed by atoms with van der Waals surface area (Å²) >= 11 is 0. The molecule has 0 bridgehead atoms. The fraction of sp³-hybridized carbons (Fsp3) is 0.467. The Morgan fingerprint density at radius 2 is 2.13 bits per heavy atom. The van der Waals surface area contributed by atoms with Gasteiger partial charge in [-0.05, 0) is 48.4 Å². The fourth-order valence-corrected chi connectivity index (χ4v) is 3.03. The number of halogens is 1. The van der Waals surface area contributed by atoms with Crippen molar-refractivity contribution >= 4 is 24.0 Å². The zero-order chi connectivity index (χ0) is 15.6. The predicted molar refractivity (Wildman–Crippen MR) is 89.7 cm³/mol. The second-order valence-corrected chi connectivity index (χ2v) is 5.83. The second kappa shape index (κ2) is 7.06. The summed E-state index contributed by atoms with van der Waals surface area (Å²) in [7, 11) is 0. The number of tetrazole rings is 1. The van der Waals surface area contributed by atoms with Gasteiger partial charge in [0.15, 0.2) is 5.82 Å². The third kappa shape index (κ3) is 3.35. The normalized spacial score (nSPS) is 15.9. The summed E-state index contributed by atoms with van der Waals surface area (Å²) in [4.78, 5) is 12.6. The summed E-state index contributed by atoms with van der Waals surface area (Å²) in [6.07, 6.45) is 3.85. The van der Waals surface area contributed by atoms with Crippen molar-refractivity contribution in [2.75, 3.05) is 11.9 Å². The fourth-order valence-electron chi connectivity index (χ4n) is 3.03. The molecule has 0 saturated heterocycles. The molecular weight excluding hydrogens is 316 g/mol. The molecule has 23 heavy (non-hydrogen) atoms. The number of carbonyl (C=O) groups is 1. The van der Waals surface area contributed by atoms with Gasteiger partial charge in [-0.3, -0.25) is 4.79 Å². The smallest absolute Gasteiger partial charge is 0.231 e. The highest BCUT2D eigenvalue weighted by atomic mass is 35.5. The molecule has 0 aliphatic heterocycles. The van der Waals surface area contributed by atoms with Crippen LogP contribution in [-0.4, -0.2) is 32.7 Å². The third-order valence-electron chi connectivity index (χ3n) is 4.41. The predicted octanol–water partition coefficient (Wildman–Crippen LogP) is 1.85. The van der Waals surface area contributed by atoms with Gasteiger partial charge in [0.25, 0.3) is 0 Å². The van der Waals surface area contributed by atoms with Crippen molar-refractivity contribution in [2.24, 2.45) is 11.1 Å². The Balaban J connectivity index is 0.00000192. The topological polar surface area (TPSA) is 98.7 Å². The minimum atomic E-state index is -0.416. The molecule has 1 aliphatic rings. The minimum Gasteiger partial charge on any atom is -0.329 e. The molecule has 3 N–H and O–H groups in total. The molecule has 124 valence electrons. The van der Waals surface area contributed by atoms with Gasteiger partial charge in [-0.2, -0.15) is 4.68 Å². The van der Waals surface area contributed by atoms with E-state index in [1.807, 2.05) is 31.2 Å². The number of aryl methyl sites for hydroxylation is 1. The van der Waals surface area contributed by atoms with Gasteiger partial charge in [-0.25, -0.2) is 0 Å². The maximum atomic E-state index is 12.6. The Hall–Kier alpha value is -1.99. The molecule has 0 spiro atoms. The van der Waals surface area contributed by atoms with E-state index in [1.54, 1.807) is 4.68 Å². The Morgan fingerprint density at radius 1 is 1.39 bits per heavy atom. The zero-order valence-corrected chi connectivity index (χ0v) is 13.8. The van der Waals surface area contributed by atoms with Crippen LogP contribution in [0.5, 0.6) is 0 Å². The number of nitrogens with zero attached hydrogens (tertiary/aromatic N) is 4. The van der Waals surface area contributed by atoms with E-state index in [0.717, 1.165) is 37.1 Å². The lowest BCUT2D eigenvalue weighted by Gasteiger charge is -2.25. The molecule has 1 aromatic heterocycles. The summed E-state index contributed by atoms with van der Waals surface area (Å²) in [6, 6.07) is 7.49. The first kappa shape index (κ1) is 17.4. The number of benzene rings is 1. The van der Waals surface area contributed by atoms with Gasteiger partial charge in [0.05, 0.1) is 11.1 Å². The molecule has 1 aromatic carbocycles. The second-order valence-electron chi connectivity index (χ2n) is 5.83. The highest BCUT2D eigenvalue weighted by Crippen LogP contribution is 2.38. The highest BCUT2D eigenvalue weighted by molar-refractivity contribution is 5.95. The van der Waals surface area contributed by atoms with Crippen LogP contribution < -0.4 is 11.1 Å². The quantitative estimate of drug-likeness (QED) is 0.887. The molecule has 1 aliphatic carbocycles. The number of aromatic nitrogens is 4. The van der Waals surface area contributed by atoms with Crippen molar-refractivity contribution in [1.29, 1.82) is 0 Å². The molecule has 1 amide bonds. The molecule has 0 atom stereocenters. The van der Waals surface area contributed by atoms with Gasteiger partial charge < -0.3 is 11.1 Å². The number of nitrogens with one attached hydrogen (secondary N) is 1. The SMILES string of the molecule is Cc1nnnn1-c1cccc(NC(=O)C2(CN)CCCC2)c1.Cl. The van der Waals surface area contributed by atoms with Crippen LogP contribution in [0.1, 0.15) is 31.5 Å². The van der Waals surface area contributed by atoms with Crippen LogP contribution in [0.15, 0.2) is 24.3 Å². The third-order valence-corrected chi connectivity index (χ3v) is 4.41. The van der Waals surface area contributed by atoms with Gasteiger partial charge in [0.1, 0.15) is 0 Å². The van der Waals surface area contributed by atoms with Crippen LogP contribution in [-0.2, 0) is 4.79 Å². The molecule has 1 heterocycles. The van der Waals surface area contributed by atoms with Gasteiger partial charge in [0, 0.05) is 12.2 Å². The van der Waals surface area contributed by atoms with E-state index in [1.165, 1.54) is 0 Å². The molecule has 3 rings (SSSR count). The minimum absolute atomic E-state index is 0. The lowest BCUT2D eigenvalue weighted by molar-refractivity contribution is -0.124. The number of hydrogen-bond acceptors (Lipinski definition) is 5. The average Bonchev–Trinajstić information content (AvgIpc) is 3.17. The molecule has 0 radical (unpaired) electrons. The van der Waals surface area contributed by atoms with Crippen LogP contribution in [0.25, 0.3) is 5.69 Å².